The molecule has 1 aromatic heterocycles. The second kappa shape index (κ2) is 6.23. The van der Waals surface area contributed by atoms with E-state index in [1.807, 2.05) is 0 Å². The van der Waals surface area contributed by atoms with Gasteiger partial charge in [-0.15, -0.1) is 13.2 Å². The van der Waals surface area contributed by atoms with E-state index in [9.17, 15) is 0 Å². The molecule has 0 aliphatic carbocycles. The lowest BCUT2D eigenvalue weighted by Crippen LogP contribution is -2.45. The van der Waals surface area contributed by atoms with Crippen molar-refractivity contribution in [1.29, 1.82) is 0 Å². The maximum atomic E-state index is 5.54. The fourth-order valence-electron chi connectivity index (χ4n) is 4.73. The number of ether oxygens (including phenoxy) is 1. The minimum Gasteiger partial charge on any atom is -0.364 e. The number of piperidine rings is 1. The van der Waals surface area contributed by atoms with Gasteiger partial charge in [0.2, 0.25) is 0 Å². The smallest absolute Gasteiger partial charge is 0.122 e. The van der Waals surface area contributed by atoms with Crippen LogP contribution in [-0.2, 0) is 17.9 Å². The maximum absolute atomic E-state index is 5.54. The van der Waals surface area contributed by atoms with Gasteiger partial charge in [-0.05, 0) is 36.3 Å². The summed E-state index contributed by atoms with van der Waals surface area (Å²) < 4.78 is 7.93. The summed E-state index contributed by atoms with van der Waals surface area (Å²) in [4.78, 5) is 2.64. The fourth-order valence-corrected chi connectivity index (χ4v) is 4.73. The van der Waals surface area contributed by atoms with E-state index in [0.29, 0.717) is 24.6 Å². The van der Waals surface area contributed by atoms with Gasteiger partial charge in [0, 0.05) is 31.3 Å². The van der Waals surface area contributed by atoms with E-state index >= 15 is 0 Å². The Labute approximate surface area is 144 Å². The zero-order chi connectivity index (χ0) is 16.7. The molecule has 1 saturated heterocycles. The molecule has 0 bridgehead atoms. The van der Waals surface area contributed by atoms with Crippen LogP contribution in [-0.4, -0.2) is 29.7 Å². The van der Waals surface area contributed by atoms with E-state index in [-0.39, 0.29) is 0 Å². The van der Waals surface area contributed by atoms with Crippen molar-refractivity contribution in [2.45, 2.75) is 25.6 Å². The highest BCUT2D eigenvalue weighted by Gasteiger charge is 2.39. The molecular weight excluding hydrogens is 296 g/mol. The Kier molecular flexibility index (Phi) is 4.07. The molecule has 3 atom stereocenters. The largest absolute Gasteiger partial charge is 0.364 e. The Bertz CT molecular complexity index is 775. The van der Waals surface area contributed by atoms with Crippen LogP contribution >= 0.6 is 0 Å². The van der Waals surface area contributed by atoms with Gasteiger partial charge >= 0.3 is 0 Å². The summed E-state index contributed by atoms with van der Waals surface area (Å²) in [6.07, 6.45) is 6.48. The van der Waals surface area contributed by atoms with E-state index in [4.69, 9.17) is 4.74 Å². The number of nitrogens with zero attached hydrogens (tertiary/aromatic N) is 2. The van der Waals surface area contributed by atoms with Gasteiger partial charge in [0.1, 0.15) is 6.73 Å². The molecule has 1 aromatic carbocycles. The lowest BCUT2D eigenvalue weighted by atomic mass is 9.78. The monoisotopic (exact) mass is 322 g/mol. The third-order valence-corrected chi connectivity index (χ3v) is 5.88. The highest BCUT2D eigenvalue weighted by molar-refractivity contribution is 5.86. The predicted molar refractivity (Wildman–Crippen MR) is 99.0 cm³/mol. The van der Waals surface area contributed by atoms with Gasteiger partial charge in [-0.25, -0.2) is 0 Å². The molecule has 0 N–H and O–H groups in total. The van der Waals surface area contributed by atoms with Crippen LogP contribution in [0.4, 0.5) is 0 Å². The van der Waals surface area contributed by atoms with E-state index in [1.165, 1.54) is 22.2 Å². The van der Waals surface area contributed by atoms with E-state index in [2.05, 4.69) is 59.0 Å². The van der Waals surface area contributed by atoms with Gasteiger partial charge in [0.15, 0.2) is 0 Å². The number of hydrogen-bond donors (Lipinski definition) is 0. The van der Waals surface area contributed by atoms with Crippen LogP contribution in [0.1, 0.15) is 23.7 Å². The zero-order valence-corrected chi connectivity index (χ0v) is 14.4. The Morgan fingerprint density at radius 3 is 2.75 bits per heavy atom. The fraction of sp³-hybridized carbons (Fsp3) is 0.429. The summed E-state index contributed by atoms with van der Waals surface area (Å²) in [5.41, 5.74) is 4.27. The van der Waals surface area contributed by atoms with Gasteiger partial charge < -0.3 is 9.30 Å². The molecule has 0 unspecified atom stereocenters. The van der Waals surface area contributed by atoms with Crippen LogP contribution in [0.15, 0.2) is 49.6 Å². The summed E-state index contributed by atoms with van der Waals surface area (Å²) in [6.45, 7) is 11.0. The van der Waals surface area contributed by atoms with Crippen LogP contribution in [0.25, 0.3) is 10.9 Å². The van der Waals surface area contributed by atoms with Crippen molar-refractivity contribution in [2.24, 2.45) is 11.8 Å². The average molecular weight is 322 g/mol. The van der Waals surface area contributed by atoms with E-state index < -0.39 is 0 Å². The van der Waals surface area contributed by atoms with Crippen LogP contribution in [0.3, 0.4) is 0 Å². The third kappa shape index (κ3) is 2.27. The lowest BCUT2D eigenvalue weighted by Gasteiger charge is -2.45. The number of hydrogen-bond acceptors (Lipinski definition) is 2. The Hall–Kier alpha value is -1.84. The van der Waals surface area contributed by atoms with Crippen LogP contribution in [0, 0.1) is 11.8 Å². The highest BCUT2D eigenvalue weighted by atomic mass is 16.5. The molecule has 3 nitrogen and oxygen atoms in total. The van der Waals surface area contributed by atoms with Crippen molar-refractivity contribution in [2.75, 3.05) is 20.2 Å². The summed E-state index contributed by atoms with van der Waals surface area (Å²) in [6, 6.07) is 9.20. The van der Waals surface area contributed by atoms with Crippen molar-refractivity contribution in [3.63, 3.8) is 0 Å². The topological polar surface area (TPSA) is 17.4 Å². The Morgan fingerprint density at radius 1 is 1.21 bits per heavy atom. The molecular formula is C21H26N2O. The van der Waals surface area contributed by atoms with Gasteiger partial charge in [-0.1, -0.05) is 30.4 Å². The van der Waals surface area contributed by atoms with E-state index in [0.717, 1.165) is 25.9 Å². The normalized spacial score (nSPS) is 26.8. The number of aromatic nitrogens is 1. The first-order chi connectivity index (χ1) is 11.8. The second-order valence-corrected chi connectivity index (χ2v) is 7.02. The molecule has 3 heteroatoms. The molecule has 2 aliphatic rings. The Morgan fingerprint density at radius 2 is 2.00 bits per heavy atom. The number of benzene rings is 1. The van der Waals surface area contributed by atoms with Crippen molar-refractivity contribution < 1.29 is 4.74 Å². The van der Waals surface area contributed by atoms with Crippen LogP contribution in [0.5, 0.6) is 0 Å². The van der Waals surface area contributed by atoms with Crippen molar-refractivity contribution in [3.8, 4) is 0 Å². The van der Waals surface area contributed by atoms with Crippen molar-refractivity contribution in [1.82, 2.24) is 9.47 Å². The standard InChI is InChI=1S/C21H26N2O/c1-4-15-12-20-21-18(10-11-22(20)13-16(15)5-2)17-8-6-7-9-19(17)23(21)14-24-3/h4-9,15-16,20H,1-2,10-14H2,3H3/t15-,16-,20-/m0/s1. The maximum Gasteiger partial charge on any atom is 0.122 e. The predicted octanol–water partition coefficient (Wildman–Crippen LogP) is 4.15. The Balaban J connectivity index is 1.85. The summed E-state index contributed by atoms with van der Waals surface area (Å²) in [7, 11) is 1.78. The number of para-hydroxylation sites is 1. The molecule has 0 saturated carbocycles. The van der Waals surface area contributed by atoms with E-state index in [1.54, 1.807) is 7.11 Å². The SMILES string of the molecule is C=C[C@H]1C[C@H]2c3c(c4ccccc4n3COC)CCN2C[C@@H]1C=C. The molecule has 24 heavy (non-hydrogen) atoms. The van der Waals surface area contributed by atoms with Crippen molar-refractivity contribution in [3.05, 3.63) is 60.8 Å². The molecule has 2 aromatic rings. The van der Waals surface area contributed by atoms with Gasteiger partial charge in [-0.2, -0.15) is 0 Å². The average Bonchev–Trinajstić information content (AvgIpc) is 2.95. The lowest BCUT2D eigenvalue weighted by molar-refractivity contribution is 0.0734. The molecule has 0 spiro atoms. The number of fused-ring (bicyclic) bond motifs is 5. The summed E-state index contributed by atoms with van der Waals surface area (Å²) >= 11 is 0. The third-order valence-electron chi connectivity index (χ3n) is 5.88. The van der Waals surface area contributed by atoms with Gasteiger partial charge in [0.05, 0.1) is 11.6 Å². The first-order valence-corrected chi connectivity index (χ1v) is 8.86. The number of allylic oxidation sites excluding steroid dienone is 1. The minimum atomic E-state index is 0.454. The van der Waals surface area contributed by atoms with Gasteiger partial charge in [-0.3, -0.25) is 4.90 Å². The molecule has 126 valence electrons. The van der Waals surface area contributed by atoms with Crippen LogP contribution < -0.4 is 0 Å². The summed E-state index contributed by atoms with van der Waals surface area (Å²) in [5, 5.41) is 1.39. The number of methoxy groups -OCH3 is 1. The minimum absolute atomic E-state index is 0.454. The molecule has 0 amide bonds. The van der Waals surface area contributed by atoms with Gasteiger partial charge in [0.25, 0.3) is 0 Å². The zero-order valence-electron chi connectivity index (χ0n) is 14.4. The highest BCUT2D eigenvalue weighted by Crippen LogP contribution is 2.44. The molecule has 0 radical (unpaired) electrons. The number of rotatable bonds is 4. The molecule has 1 fully saturated rings. The summed E-state index contributed by atoms with van der Waals surface area (Å²) in [5.74, 6) is 1.02. The molecule has 2 aliphatic heterocycles. The molecule has 4 rings (SSSR count). The second-order valence-electron chi connectivity index (χ2n) is 7.02. The first kappa shape index (κ1) is 15.7. The van der Waals surface area contributed by atoms with Crippen LogP contribution in [0.2, 0.25) is 0 Å². The molecule has 3 heterocycles. The quantitative estimate of drug-likeness (QED) is 0.787. The van der Waals surface area contributed by atoms with Crippen molar-refractivity contribution >= 4 is 10.9 Å². The first-order valence-electron chi connectivity index (χ1n) is 8.86.